The monoisotopic (exact) mass is 353 g/mol. The van der Waals surface area contributed by atoms with Gasteiger partial charge in [-0.1, -0.05) is 0 Å². The fourth-order valence-electron chi connectivity index (χ4n) is 3.37. The van der Waals surface area contributed by atoms with E-state index < -0.39 is 0 Å². The van der Waals surface area contributed by atoms with Crippen molar-refractivity contribution in [3.8, 4) is 5.75 Å². The zero-order chi connectivity index (χ0) is 17.9. The van der Waals surface area contributed by atoms with Crippen LogP contribution < -0.4 is 4.74 Å². The van der Waals surface area contributed by atoms with E-state index in [2.05, 4.69) is 15.0 Å². The van der Waals surface area contributed by atoms with E-state index >= 15 is 0 Å². The summed E-state index contributed by atoms with van der Waals surface area (Å²) in [4.78, 5) is 20.3. The molecular formula is C19H23N5O2. The lowest BCUT2D eigenvalue weighted by Gasteiger charge is -2.34. The third kappa shape index (κ3) is 3.43. The summed E-state index contributed by atoms with van der Waals surface area (Å²) in [5.41, 5.74) is 1.56. The van der Waals surface area contributed by atoms with Crippen LogP contribution >= 0.6 is 0 Å². The molecule has 1 N–H and O–H groups in total. The molecule has 0 bridgehead atoms. The van der Waals surface area contributed by atoms with Crippen LogP contribution in [0, 0.1) is 0 Å². The highest BCUT2D eigenvalue weighted by Gasteiger charge is 2.23. The zero-order valence-corrected chi connectivity index (χ0v) is 14.9. The molecule has 0 radical (unpaired) electrons. The molecule has 7 nitrogen and oxygen atoms in total. The van der Waals surface area contributed by atoms with Gasteiger partial charge in [0, 0.05) is 62.1 Å². The summed E-state index contributed by atoms with van der Waals surface area (Å²) in [6, 6.07) is 9.64. The number of fused-ring (bicyclic) bond motifs is 1. The highest BCUT2D eigenvalue weighted by atomic mass is 16.5. The number of piperazine rings is 1. The van der Waals surface area contributed by atoms with Gasteiger partial charge in [0.25, 0.3) is 5.91 Å². The Morgan fingerprint density at radius 2 is 2.04 bits per heavy atom. The minimum Gasteiger partial charge on any atom is -0.497 e. The Kier molecular flexibility index (Phi) is 4.62. The van der Waals surface area contributed by atoms with Crippen LogP contribution in [0.2, 0.25) is 0 Å². The first-order valence-electron chi connectivity index (χ1n) is 8.89. The van der Waals surface area contributed by atoms with E-state index in [0.29, 0.717) is 5.69 Å². The Hall–Kier alpha value is -2.80. The Balaban J connectivity index is 1.35. The Morgan fingerprint density at radius 1 is 1.19 bits per heavy atom. The first-order chi connectivity index (χ1) is 12.7. The van der Waals surface area contributed by atoms with Gasteiger partial charge in [-0.15, -0.1) is 0 Å². The van der Waals surface area contributed by atoms with Crippen LogP contribution in [0.25, 0.3) is 10.9 Å². The number of carbonyl (C=O) groups is 1. The lowest BCUT2D eigenvalue weighted by molar-refractivity contribution is 0.0627. The number of ether oxygens (including phenoxy) is 1. The van der Waals surface area contributed by atoms with Crippen molar-refractivity contribution in [1.29, 1.82) is 0 Å². The van der Waals surface area contributed by atoms with E-state index in [-0.39, 0.29) is 5.91 Å². The van der Waals surface area contributed by atoms with E-state index in [1.54, 1.807) is 13.3 Å². The van der Waals surface area contributed by atoms with Crippen molar-refractivity contribution >= 4 is 16.8 Å². The largest absolute Gasteiger partial charge is 0.497 e. The van der Waals surface area contributed by atoms with E-state index in [1.807, 2.05) is 46.1 Å². The summed E-state index contributed by atoms with van der Waals surface area (Å²) in [7, 11) is 1.64. The predicted octanol–water partition coefficient (Wildman–Crippen LogP) is 1.83. The molecule has 1 fully saturated rings. The minimum atomic E-state index is 0.0619. The van der Waals surface area contributed by atoms with Crippen molar-refractivity contribution in [2.24, 2.45) is 0 Å². The number of methoxy groups -OCH3 is 1. The summed E-state index contributed by atoms with van der Waals surface area (Å²) < 4.78 is 7.18. The molecule has 0 aliphatic carbocycles. The molecule has 1 aliphatic heterocycles. The number of carbonyl (C=O) groups excluding carboxylic acids is 1. The van der Waals surface area contributed by atoms with Crippen molar-refractivity contribution in [2.45, 2.75) is 6.54 Å². The quantitative estimate of drug-likeness (QED) is 0.760. The highest BCUT2D eigenvalue weighted by molar-refractivity contribution is 5.98. The molecular weight excluding hydrogens is 330 g/mol. The maximum absolute atomic E-state index is 12.8. The smallest absolute Gasteiger partial charge is 0.270 e. The maximum Gasteiger partial charge on any atom is 0.270 e. The van der Waals surface area contributed by atoms with Crippen molar-refractivity contribution in [2.75, 3.05) is 39.8 Å². The van der Waals surface area contributed by atoms with E-state index in [4.69, 9.17) is 4.74 Å². The third-order valence-electron chi connectivity index (χ3n) is 4.92. The molecule has 136 valence electrons. The van der Waals surface area contributed by atoms with Crippen LogP contribution in [-0.2, 0) is 6.54 Å². The molecule has 3 heterocycles. The van der Waals surface area contributed by atoms with Crippen molar-refractivity contribution in [1.82, 2.24) is 24.6 Å². The van der Waals surface area contributed by atoms with Gasteiger partial charge in [0.15, 0.2) is 0 Å². The normalized spacial score (nSPS) is 15.5. The number of hydrogen-bond acceptors (Lipinski definition) is 4. The van der Waals surface area contributed by atoms with Gasteiger partial charge in [0.05, 0.1) is 13.7 Å². The van der Waals surface area contributed by atoms with Gasteiger partial charge >= 0.3 is 0 Å². The molecule has 0 unspecified atom stereocenters. The highest BCUT2D eigenvalue weighted by Crippen LogP contribution is 2.22. The molecule has 1 saturated heterocycles. The van der Waals surface area contributed by atoms with Crippen LogP contribution in [0.4, 0.5) is 0 Å². The van der Waals surface area contributed by atoms with Crippen molar-refractivity contribution in [3.05, 3.63) is 48.4 Å². The number of hydrogen-bond donors (Lipinski definition) is 1. The molecule has 3 aromatic rings. The fourth-order valence-corrected chi connectivity index (χ4v) is 3.37. The second-order valence-electron chi connectivity index (χ2n) is 6.54. The standard InChI is InChI=1S/C19H23N5O2/c1-26-16-4-3-15-13-18(21-17(15)14-16)19(25)23-10-7-22(8-11-23)9-12-24-6-2-5-20-24/h2-6,13-14,21H,7-12H2,1H3. The van der Waals surface area contributed by atoms with E-state index in [9.17, 15) is 4.79 Å². The molecule has 4 rings (SSSR count). The number of rotatable bonds is 5. The molecule has 1 aromatic carbocycles. The molecule has 1 aliphatic rings. The van der Waals surface area contributed by atoms with Crippen molar-refractivity contribution in [3.63, 3.8) is 0 Å². The fraction of sp³-hybridized carbons (Fsp3) is 0.368. The molecule has 1 amide bonds. The van der Waals surface area contributed by atoms with Gasteiger partial charge in [0.1, 0.15) is 11.4 Å². The number of benzene rings is 1. The number of nitrogens with one attached hydrogen (secondary N) is 1. The summed E-state index contributed by atoms with van der Waals surface area (Å²) >= 11 is 0. The van der Waals surface area contributed by atoms with Gasteiger partial charge < -0.3 is 14.6 Å². The summed E-state index contributed by atoms with van der Waals surface area (Å²) in [5.74, 6) is 0.844. The molecule has 0 saturated carbocycles. The topological polar surface area (TPSA) is 66.4 Å². The summed E-state index contributed by atoms with van der Waals surface area (Å²) in [6.45, 7) is 5.11. The van der Waals surface area contributed by atoms with Gasteiger partial charge in [-0.05, 0) is 24.3 Å². The number of nitrogens with zero attached hydrogens (tertiary/aromatic N) is 4. The van der Waals surface area contributed by atoms with Gasteiger partial charge in [-0.2, -0.15) is 5.10 Å². The molecule has 2 aromatic heterocycles. The van der Waals surface area contributed by atoms with Crippen LogP contribution in [0.15, 0.2) is 42.7 Å². The summed E-state index contributed by atoms with van der Waals surface area (Å²) in [5, 5.41) is 5.25. The van der Waals surface area contributed by atoms with Gasteiger partial charge in [-0.25, -0.2) is 0 Å². The first kappa shape index (κ1) is 16.7. The first-order valence-corrected chi connectivity index (χ1v) is 8.89. The number of H-pyrrole nitrogens is 1. The maximum atomic E-state index is 12.8. The van der Waals surface area contributed by atoms with Crippen molar-refractivity contribution < 1.29 is 9.53 Å². The van der Waals surface area contributed by atoms with Crippen LogP contribution in [-0.4, -0.2) is 70.3 Å². The molecule has 7 heteroatoms. The Morgan fingerprint density at radius 3 is 2.77 bits per heavy atom. The van der Waals surface area contributed by atoms with E-state index in [0.717, 1.165) is 55.9 Å². The SMILES string of the molecule is COc1ccc2cc(C(=O)N3CCN(CCn4cccn4)CC3)[nH]c2c1. The average Bonchev–Trinajstić information content (AvgIpc) is 3.35. The Bertz CT molecular complexity index is 879. The lowest BCUT2D eigenvalue weighted by Crippen LogP contribution is -2.49. The van der Waals surface area contributed by atoms with Crippen LogP contribution in [0.5, 0.6) is 5.75 Å². The average molecular weight is 353 g/mol. The predicted molar refractivity (Wildman–Crippen MR) is 99.4 cm³/mol. The number of amides is 1. The number of aromatic nitrogens is 3. The Labute approximate surface area is 152 Å². The third-order valence-corrected chi connectivity index (χ3v) is 4.92. The zero-order valence-electron chi connectivity index (χ0n) is 14.9. The second-order valence-corrected chi connectivity index (χ2v) is 6.54. The second kappa shape index (κ2) is 7.21. The molecule has 0 spiro atoms. The van der Waals surface area contributed by atoms with E-state index in [1.165, 1.54) is 0 Å². The number of aromatic amines is 1. The van der Waals surface area contributed by atoms with Crippen LogP contribution in [0.1, 0.15) is 10.5 Å². The summed E-state index contributed by atoms with van der Waals surface area (Å²) in [6.07, 6.45) is 3.78. The molecule has 26 heavy (non-hydrogen) atoms. The van der Waals surface area contributed by atoms with Crippen LogP contribution in [0.3, 0.4) is 0 Å². The lowest BCUT2D eigenvalue weighted by atomic mass is 10.2. The van der Waals surface area contributed by atoms with Gasteiger partial charge in [-0.3, -0.25) is 14.4 Å². The minimum absolute atomic E-state index is 0.0619. The molecule has 0 atom stereocenters. The van der Waals surface area contributed by atoms with Gasteiger partial charge in [0.2, 0.25) is 0 Å².